The molecule has 0 unspecified atom stereocenters. The number of aliphatic carboxylic acids is 1. The fourth-order valence-electron chi connectivity index (χ4n) is 1.63. The Kier molecular flexibility index (Phi) is 3.21. The Morgan fingerprint density at radius 2 is 1.94 bits per heavy atom. The Morgan fingerprint density at radius 3 is 2.38 bits per heavy atom. The lowest BCUT2D eigenvalue weighted by molar-refractivity contribution is -0.163. The minimum Gasteiger partial charge on any atom is -0.480 e. The van der Waals surface area contributed by atoms with Gasteiger partial charge in [0.2, 0.25) is 5.91 Å². The molecule has 1 amide bonds. The second-order valence-electron chi connectivity index (χ2n) is 4.62. The molecule has 0 aromatic rings. The number of halogens is 2. The lowest BCUT2D eigenvalue weighted by atomic mass is 9.90. The molecule has 0 radical (unpaired) electrons. The summed E-state index contributed by atoms with van der Waals surface area (Å²) in [5.41, 5.74) is -1.65. The second kappa shape index (κ2) is 3.99. The summed E-state index contributed by atoms with van der Waals surface area (Å²) in [4.78, 5) is 23.5. The van der Waals surface area contributed by atoms with Crippen LogP contribution in [0.25, 0.3) is 0 Å². The Balaban J connectivity index is 2.79. The van der Waals surface area contributed by atoms with E-state index in [4.69, 9.17) is 5.11 Å². The van der Waals surface area contributed by atoms with Gasteiger partial charge in [-0.2, -0.15) is 0 Å². The van der Waals surface area contributed by atoms with Gasteiger partial charge in [0.25, 0.3) is 5.92 Å². The summed E-state index contributed by atoms with van der Waals surface area (Å²) >= 11 is 0. The van der Waals surface area contributed by atoms with Crippen molar-refractivity contribution in [2.75, 3.05) is 13.1 Å². The highest BCUT2D eigenvalue weighted by molar-refractivity contribution is 6.01. The molecule has 4 nitrogen and oxygen atoms in total. The number of alkyl halides is 2. The van der Waals surface area contributed by atoms with Gasteiger partial charge in [0.15, 0.2) is 0 Å². The number of carbonyl (C=O) groups excluding carboxylic acids is 1. The monoisotopic (exact) mass is 235 g/mol. The molecule has 1 aliphatic heterocycles. The normalized spacial score (nSPS) is 20.6. The number of piperidine rings is 1. The average Bonchev–Trinajstić information content (AvgIpc) is 2.14. The Morgan fingerprint density at radius 1 is 1.38 bits per heavy atom. The van der Waals surface area contributed by atoms with E-state index in [1.807, 2.05) is 0 Å². The van der Waals surface area contributed by atoms with E-state index in [2.05, 4.69) is 0 Å². The van der Waals surface area contributed by atoms with Crippen LogP contribution in [-0.4, -0.2) is 40.9 Å². The second-order valence-corrected chi connectivity index (χ2v) is 4.62. The SMILES string of the molecule is CC(C)(C(=O)O)C(=O)N1CCCC(F)(F)C1. The molecule has 1 N–H and O–H groups in total. The molecule has 0 saturated carbocycles. The van der Waals surface area contributed by atoms with Gasteiger partial charge in [-0.15, -0.1) is 0 Å². The van der Waals surface area contributed by atoms with E-state index in [-0.39, 0.29) is 19.4 Å². The van der Waals surface area contributed by atoms with Crippen LogP contribution in [0.3, 0.4) is 0 Å². The van der Waals surface area contributed by atoms with Crippen LogP contribution in [0.1, 0.15) is 26.7 Å². The molecule has 1 fully saturated rings. The number of nitrogens with zero attached hydrogens (tertiary/aromatic N) is 1. The van der Waals surface area contributed by atoms with E-state index in [0.717, 1.165) is 4.90 Å². The first-order valence-corrected chi connectivity index (χ1v) is 5.07. The molecule has 1 heterocycles. The van der Waals surface area contributed by atoms with Crippen LogP contribution in [0.5, 0.6) is 0 Å². The molecular formula is C10H15F2NO3. The number of hydrogen-bond donors (Lipinski definition) is 1. The number of amides is 1. The number of hydrogen-bond acceptors (Lipinski definition) is 2. The molecular weight excluding hydrogens is 220 g/mol. The summed E-state index contributed by atoms with van der Waals surface area (Å²) in [5.74, 6) is -4.95. The molecule has 0 aromatic carbocycles. The lowest BCUT2D eigenvalue weighted by Crippen LogP contribution is -2.52. The van der Waals surface area contributed by atoms with Crippen LogP contribution in [0.2, 0.25) is 0 Å². The summed E-state index contributed by atoms with van der Waals surface area (Å²) < 4.78 is 26.1. The van der Waals surface area contributed by atoms with E-state index in [1.54, 1.807) is 0 Å². The van der Waals surface area contributed by atoms with Gasteiger partial charge < -0.3 is 10.0 Å². The molecule has 0 aliphatic carbocycles. The fourth-order valence-corrected chi connectivity index (χ4v) is 1.63. The zero-order chi connectivity index (χ0) is 12.6. The van der Waals surface area contributed by atoms with Gasteiger partial charge in [0, 0.05) is 13.0 Å². The maximum atomic E-state index is 13.1. The molecule has 0 atom stereocenters. The van der Waals surface area contributed by atoms with Gasteiger partial charge >= 0.3 is 5.97 Å². The summed E-state index contributed by atoms with van der Waals surface area (Å²) in [5, 5.41) is 8.84. The summed E-state index contributed by atoms with van der Waals surface area (Å²) in [6.45, 7) is 1.97. The van der Waals surface area contributed by atoms with Crippen LogP contribution in [0, 0.1) is 5.41 Å². The minimum atomic E-state index is -2.90. The number of rotatable bonds is 2. The third-order valence-corrected chi connectivity index (χ3v) is 2.75. The van der Waals surface area contributed by atoms with E-state index in [1.165, 1.54) is 13.8 Å². The number of carbonyl (C=O) groups is 2. The number of carboxylic acid groups (broad SMARTS) is 1. The van der Waals surface area contributed by atoms with Gasteiger partial charge in [0.1, 0.15) is 5.41 Å². The standard InChI is InChI=1S/C10H15F2NO3/c1-9(2,8(15)16)7(14)13-5-3-4-10(11,12)6-13/h3-6H2,1-2H3,(H,15,16). The molecule has 0 spiro atoms. The zero-order valence-corrected chi connectivity index (χ0v) is 9.30. The minimum absolute atomic E-state index is 0.200. The fraction of sp³-hybridized carbons (Fsp3) is 0.800. The van der Waals surface area contributed by atoms with Crippen molar-refractivity contribution in [2.45, 2.75) is 32.6 Å². The molecule has 1 rings (SSSR count). The summed E-state index contributed by atoms with van der Waals surface area (Å²) in [6.07, 6.45) is -0.0429. The Hall–Kier alpha value is -1.20. The zero-order valence-electron chi connectivity index (χ0n) is 9.30. The quantitative estimate of drug-likeness (QED) is 0.735. The molecule has 0 bridgehead atoms. The highest BCUT2D eigenvalue weighted by Gasteiger charge is 2.44. The van der Waals surface area contributed by atoms with Crippen molar-refractivity contribution < 1.29 is 23.5 Å². The molecule has 92 valence electrons. The topological polar surface area (TPSA) is 57.6 Å². The largest absolute Gasteiger partial charge is 0.480 e. The third-order valence-electron chi connectivity index (χ3n) is 2.75. The maximum absolute atomic E-state index is 13.1. The summed E-state index contributed by atoms with van der Waals surface area (Å²) in [7, 11) is 0. The molecule has 1 aliphatic rings. The van der Waals surface area contributed by atoms with Crippen LogP contribution < -0.4 is 0 Å². The van der Waals surface area contributed by atoms with Crippen LogP contribution in [0.15, 0.2) is 0 Å². The van der Waals surface area contributed by atoms with Crippen molar-refractivity contribution in [3.8, 4) is 0 Å². The van der Waals surface area contributed by atoms with Gasteiger partial charge in [-0.25, -0.2) is 8.78 Å². The van der Waals surface area contributed by atoms with Crippen molar-refractivity contribution in [3.05, 3.63) is 0 Å². The maximum Gasteiger partial charge on any atom is 0.318 e. The summed E-state index contributed by atoms with van der Waals surface area (Å²) in [6, 6.07) is 0. The predicted octanol–water partition coefficient (Wildman–Crippen LogP) is 1.35. The van der Waals surface area contributed by atoms with Gasteiger partial charge in [0.05, 0.1) is 6.54 Å². The smallest absolute Gasteiger partial charge is 0.318 e. The van der Waals surface area contributed by atoms with Crippen molar-refractivity contribution in [2.24, 2.45) is 5.41 Å². The Bertz CT molecular complexity index is 315. The number of likely N-dealkylation sites (tertiary alicyclic amines) is 1. The predicted molar refractivity (Wildman–Crippen MR) is 52.2 cm³/mol. The van der Waals surface area contributed by atoms with Crippen molar-refractivity contribution in [3.63, 3.8) is 0 Å². The third kappa shape index (κ3) is 2.48. The molecule has 0 aromatic heterocycles. The average molecular weight is 235 g/mol. The van der Waals surface area contributed by atoms with Crippen molar-refractivity contribution >= 4 is 11.9 Å². The highest BCUT2D eigenvalue weighted by Crippen LogP contribution is 2.29. The highest BCUT2D eigenvalue weighted by atomic mass is 19.3. The van der Waals surface area contributed by atoms with E-state index in [9.17, 15) is 18.4 Å². The van der Waals surface area contributed by atoms with Gasteiger partial charge in [-0.1, -0.05) is 0 Å². The first-order chi connectivity index (χ1) is 7.17. The van der Waals surface area contributed by atoms with E-state index in [0.29, 0.717) is 0 Å². The van der Waals surface area contributed by atoms with Crippen molar-refractivity contribution in [1.29, 1.82) is 0 Å². The first-order valence-electron chi connectivity index (χ1n) is 5.07. The molecule has 6 heteroatoms. The van der Waals surface area contributed by atoms with E-state index >= 15 is 0 Å². The molecule has 1 saturated heterocycles. The van der Waals surface area contributed by atoms with Crippen LogP contribution >= 0.6 is 0 Å². The van der Waals surface area contributed by atoms with Gasteiger partial charge in [-0.05, 0) is 20.3 Å². The first kappa shape index (κ1) is 12.9. The number of carboxylic acids is 1. The molecule has 16 heavy (non-hydrogen) atoms. The van der Waals surface area contributed by atoms with Crippen LogP contribution in [-0.2, 0) is 9.59 Å². The van der Waals surface area contributed by atoms with Crippen molar-refractivity contribution in [1.82, 2.24) is 4.90 Å². The van der Waals surface area contributed by atoms with E-state index < -0.39 is 29.8 Å². The lowest BCUT2D eigenvalue weighted by Gasteiger charge is -2.35. The van der Waals surface area contributed by atoms with Crippen LogP contribution in [0.4, 0.5) is 8.78 Å². The Labute approximate surface area is 92.2 Å². The van der Waals surface area contributed by atoms with Gasteiger partial charge in [-0.3, -0.25) is 9.59 Å².